The maximum absolute atomic E-state index is 12.5. The summed E-state index contributed by atoms with van der Waals surface area (Å²) in [5.74, 6) is 0.563. The lowest BCUT2D eigenvalue weighted by Crippen LogP contribution is -2.43. The van der Waals surface area contributed by atoms with E-state index < -0.39 is 0 Å². The molecule has 2 saturated heterocycles. The Morgan fingerprint density at radius 2 is 1.86 bits per heavy atom. The molecule has 0 spiro atoms. The molecule has 160 valence electrons. The van der Waals surface area contributed by atoms with E-state index in [1.165, 1.54) is 0 Å². The average molecular weight is 403 g/mol. The maximum atomic E-state index is 12.5. The number of likely N-dealkylation sites (tertiary alicyclic amines) is 1. The molecule has 7 heteroatoms. The molecule has 7 nitrogen and oxygen atoms in total. The molecule has 1 aromatic carbocycles. The van der Waals surface area contributed by atoms with Crippen molar-refractivity contribution in [3.8, 4) is 0 Å². The van der Waals surface area contributed by atoms with E-state index in [-0.39, 0.29) is 11.8 Å². The SMILES string of the molecule is CCCC(=O)NCC1CCCN(CC(=O)Nc2ccc(N3CCOCC3)cc2)C1. The Morgan fingerprint density at radius 3 is 2.59 bits per heavy atom. The van der Waals surface area contributed by atoms with E-state index in [9.17, 15) is 9.59 Å². The van der Waals surface area contributed by atoms with Crippen molar-refractivity contribution in [3.63, 3.8) is 0 Å². The topological polar surface area (TPSA) is 73.9 Å². The fourth-order valence-electron chi connectivity index (χ4n) is 4.02. The molecule has 0 radical (unpaired) electrons. The third-order valence-electron chi connectivity index (χ3n) is 5.56. The number of anilines is 2. The van der Waals surface area contributed by atoms with Gasteiger partial charge in [0.1, 0.15) is 0 Å². The van der Waals surface area contributed by atoms with Crippen LogP contribution in [0.4, 0.5) is 11.4 Å². The van der Waals surface area contributed by atoms with E-state index in [1.54, 1.807) is 0 Å². The number of ether oxygens (including phenoxy) is 1. The summed E-state index contributed by atoms with van der Waals surface area (Å²) in [4.78, 5) is 28.6. The number of morpholine rings is 1. The van der Waals surface area contributed by atoms with Gasteiger partial charge in [0.2, 0.25) is 11.8 Å². The van der Waals surface area contributed by atoms with Gasteiger partial charge in [-0.2, -0.15) is 0 Å². The number of piperidine rings is 1. The molecule has 1 unspecified atom stereocenters. The Labute approximate surface area is 173 Å². The van der Waals surface area contributed by atoms with Crippen LogP contribution < -0.4 is 15.5 Å². The molecule has 1 aromatic rings. The third kappa shape index (κ3) is 7.01. The van der Waals surface area contributed by atoms with Crippen molar-refractivity contribution in [2.24, 2.45) is 5.92 Å². The molecular weight excluding hydrogens is 368 g/mol. The van der Waals surface area contributed by atoms with Crippen LogP contribution in [0.15, 0.2) is 24.3 Å². The molecule has 1 atom stereocenters. The van der Waals surface area contributed by atoms with Gasteiger partial charge < -0.3 is 20.3 Å². The summed E-state index contributed by atoms with van der Waals surface area (Å²) in [6.07, 6.45) is 3.63. The van der Waals surface area contributed by atoms with Crippen molar-refractivity contribution in [2.45, 2.75) is 32.6 Å². The highest BCUT2D eigenvalue weighted by Crippen LogP contribution is 2.20. The molecule has 2 fully saturated rings. The second-order valence-electron chi connectivity index (χ2n) is 7.99. The van der Waals surface area contributed by atoms with Gasteiger partial charge in [0, 0.05) is 44.0 Å². The van der Waals surface area contributed by atoms with Crippen molar-refractivity contribution in [1.82, 2.24) is 10.2 Å². The largest absolute Gasteiger partial charge is 0.378 e. The number of benzene rings is 1. The third-order valence-corrected chi connectivity index (χ3v) is 5.56. The summed E-state index contributed by atoms with van der Waals surface area (Å²) in [6.45, 7) is 8.23. The van der Waals surface area contributed by atoms with Crippen molar-refractivity contribution in [2.75, 3.05) is 62.7 Å². The van der Waals surface area contributed by atoms with Crippen molar-refractivity contribution >= 4 is 23.2 Å². The smallest absolute Gasteiger partial charge is 0.238 e. The molecule has 0 saturated carbocycles. The Hall–Kier alpha value is -2.12. The first-order chi connectivity index (χ1) is 14.1. The van der Waals surface area contributed by atoms with Crippen LogP contribution in [0.1, 0.15) is 32.6 Å². The van der Waals surface area contributed by atoms with Crippen LogP contribution in [0.25, 0.3) is 0 Å². The predicted octanol–water partition coefficient (Wildman–Crippen LogP) is 2.09. The first kappa shape index (κ1) is 21.6. The fourth-order valence-corrected chi connectivity index (χ4v) is 4.02. The predicted molar refractivity (Wildman–Crippen MR) is 115 cm³/mol. The minimum atomic E-state index is 0.0137. The van der Waals surface area contributed by atoms with Crippen LogP contribution in [-0.2, 0) is 14.3 Å². The monoisotopic (exact) mass is 402 g/mol. The molecule has 3 rings (SSSR count). The molecule has 0 aliphatic carbocycles. The Balaban J connectivity index is 1.42. The molecule has 0 bridgehead atoms. The van der Waals surface area contributed by atoms with Gasteiger partial charge in [-0.25, -0.2) is 0 Å². The summed E-state index contributed by atoms with van der Waals surface area (Å²) in [6, 6.07) is 8.03. The highest BCUT2D eigenvalue weighted by molar-refractivity contribution is 5.92. The number of carbonyl (C=O) groups excluding carboxylic acids is 2. The first-order valence-corrected chi connectivity index (χ1v) is 10.9. The van der Waals surface area contributed by atoms with E-state index in [2.05, 4.69) is 32.6 Å². The van der Waals surface area contributed by atoms with E-state index >= 15 is 0 Å². The number of hydrogen-bond donors (Lipinski definition) is 2. The summed E-state index contributed by atoms with van der Waals surface area (Å²) >= 11 is 0. The minimum Gasteiger partial charge on any atom is -0.378 e. The standard InChI is InChI=1S/C22H34N4O3/c1-2-4-21(27)23-15-18-5-3-10-25(16-18)17-22(28)24-19-6-8-20(9-7-19)26-11-13-29-14-12-26/h6-9,18H,2-5,10-17H2,1H3,(H,23,27)(H,24,28). The van der Waals surface area contributed by atoms with E-state index in [1.807, 2.05) is 19.1 Å². The Bertz CT molecular complexity index is 659. The summed E-state index contributed by atoms with van der Waals surface area (Å²) in [5, 5.41) is 6.03. The van der Waals surface area contributed by atoms with Crippen molar-refractivity contribution in [1.29, 1.82) is 0 Å². The Kier molecular flexibility index (Phi) is 8.31. The summed E-state index contributed by atoms with van der Waals surface area (Å²) in [7, 11) is 0. The number of nitrogens with one attached hydrogen (secondary N) is 2. The zero-order chi connectivity index (χ0) is 20.5. The second-order valence-corrected chi connectivity index (χ2v) is 7.99. The van der Waals surface area contributed by atoms with Gasteiger partial charge in [-0.1, -0.05) is 6.92 Å². The van der Waals surface area contributed by atoms with Crippen LogP contribution in [0.3, 0.4) is 0 Å². The van der Waals surface area contributed by atoms with Gasteiger partial charge in [-0.15, -0.1) is 0 Å². The van der Waals surface area contributed by atoms with Gasteiger partial charge in [0.25, 0.3) is 0 Å². The first-order valence-electron chi connectivity index (χ1n) is 10.9. The summed E-state index contributed by atoms with van der Waals surface area (Å²) in [5.41, 5.74) is 1.99. The van der Waals surface area contributed by atoms with Crippen LogP contribution >= 0.6 is 0 Å². The lowest BCUT2D eigenvalue weighted by molar-refractivity contribution is -0.121. The summed E-state index contributed by atoms with van der Waals surface area (Å²) < 4.78 is 5.39. The molecular formula is C22H34N4O3. The molecule has 2 heterocycles. The number of nitrogens with zero attached hydrogens (tertiary/aromatic N) is 2. The highest BCUT2D eigenvalue weighted by Gasteiger charge is 2.22. The average Bonchev–Trinajstić information content (AvgIpc) is 2.74. The fraction of sp³-hybridized carbons (Fsp3) is 0.636. The number of amides is 2. The lowest BCUT2D eigenvalue weighted by Gasteiger charge is -2.32. The molecule has 2 N–H and O–H groups in total. The van der Waals surface area contributed by atoms with Gasteiger partial charge in [-0.05, 0) is 56.0 Å². The zero-order valence-electron chi connectivity index (χ0n) is 17.5. The van der Waals surface area contributed by atoms with E-state index in [4.69, 9.17) is 4.74 Å². The Morgan fingerprint density at radius 1 is 1.10 bits per heavy atom. The number of hydrogen-bond acceptors (Lipinski definition) is 5. The quantitative estimate of drug-likeness (QED) is 0.697. The van der Waals surface area contributed by atoms with E-state index in [0.717, 1.165) is 70.0 Å². The number of carbonyl (C=O) groups is 2. The minimum absolute atomic E-state index is 0.0137. The van der Waals surface area contributed by atoms with Crippen LogP contribution in [0, 0.1) is 5.92 Å². The van der Waals surface area contributed by atoms with Crippen LogP contribution in [-0.4, -0.2) is 69.2 Å². The second kappa shape index (κ2) is 11.2. The molecule has 2 aliphatic rings. The van der Waals surface area contributed by atoms with Gasteiger partial charge >= 0.3 is 0 Å². The van der Waals surface area contributed by atoms with Crippen LogP contribution in [0.5, 0.6) is 0 Å². The molecule has 0 aromatic heterocycles. The van der Waals surface area contributed by atoms with Crippen molar-refractivity contribution in [3.05, 3.63) is 24.3 Å². The lowest BCUT2D eigenvalue weighted by atomic mass is 9.98. The zero-order valence-corrected chi connectivity index (χ0v) is 17.5. The van der Waals surface area contributed by atoms with E-state index in [0.29, 0.717) is 25.4 Å². The normalized spacial score (nSPS) is 20.3. The number of rotatable bonds is 8. The van der Waals surface area contributed by atoms with Crippen LogP contribution in [0.2, 0.25) is 0 Å². The van der Waals surface area contributed by atoms with Gasteiger partial charge in [0.05, 0.1) is 19.8 Å². The highest BCUT2D eigenvalue weighted by atomic mass is 16.5. The molecule has 2 amide bonds. The molecule has 29 heavy (non-hydrogen) atoms. The molecule has 2 aliphatic heterocycles. The van der Waals surface area contributed by atoms with Crippen molar-refractivity contribution < 1.29 is 14.3 Å². The van der Waals surface area contributed by atoms with Gasteiger partial charge in [-0.3, -0.25) is 14.5 Å². The van der Waals surface area contributed by atoms with Gasteiger partial charge in [0.15, 0.2) is 0 Å². The maximum Gasteiger partial charge on any atom is 0.238 e.